The molecule has 0 saturated heterocycles. The number of phosphoric acid groups is 2. The molecular weight excluding hydrogens is 1410 g/mol. The first-order chi connectivity index (χ1) is 53.2. The van der Waals surface area contributed by atoms with Gasteiger partial charge in [0.15, 0.2) is 6.10 Å². The van der Waals surface area contributed by atoms with Gasteiger partial charge < -0.3 is 34.2 Å². The molecule has 0 amide bonds. The lowest BCUT2D eigenvalue weighted by Crippen LogP contribution is -2.30. The largest absolute Gasteiger partial charge is 0.472 e. The lowest BCUT2D eigenvalue weighted by molar-refractivity contribution is -0.161. The molecule has 0 aromatic rings. The van der Waals surface area contributed by atoms with Crippen molar-refractivity contribution >= 4 is 33.6 Å². The van der Waals surface area contributed by atoms with Gasteiger partial charge in [-0.15, -0.1) is 0 Å². The van der Waals surface area contributed by atoms with Crippen molar-refractivity contribution in [1.82, 2.24) is 0 Å². The van der Waals surface area contributed by atoms with Gasteiger partial charge in [0.25, 0.3) is 0 Å². The predicted octanol–water partition coefficient (Wildman–Crippen LogP) is 25.8. The second-order valence-electron chi connectivity index (χ2n) is 28.2. The topological polar surface area (TPSA) is 231 Å². The summed E-state index contributed by atoms with van der Waals surface area (Å²) in [7, 11) is -9.80. The zero-order valence-corrected chi connectivity index (χ0v) is 70.2. The molecule has 5 unspecified atom stereocenters. The van der Waals surface area contributed by atoms with E-state index in [4.69, 9.17) is 32.3 Å². The van der Waals surface area contributed by atoms with E-state index in [-0.39, 0.29) is 19.3 Å². The summed E-state index contributed by atoms with van der Waals surface area (Å²) in [6.45, 7) is 2.39. The molecule has 0 radical (unpaired) electrons. The summed E-state index contributed by atoms with van der Waals surface area (Å²) in [5, 5.41) is 20.7. The Morgan fingerprint density at radius 1 is 0.266 bits per heavy atom. The number of hydrogen-bond donors (Lipinski definition) is 4. The standard InChI is InChI=1S/C91H154O16P2/c1-4-7-10-13-16-19-22-25-27-29-31-33-35-37-39-41-42-44-46-47-49-51-53-55-57-60-62-65-68-71-74-77-89(94)101-80-86(92)81-103-108(97,98)104-82-87(93)83-105-109(99,100)106-85-88(107-91(96)79-76-73-70-67-64-59-24-21-18-15-12-9-6-3)84-102-90(95)78-75-72-69-66-63-61-58-56-54-52-50-48-45-43-40-38-36-34-32-30-28-26-23-20-17-14-11-8-5-2/h7-8,10-12,15-17,19-21,24-28,31-34,37-40,42,44,86-88,92-93H,4-6,9,13-14,18,22-23,29-30,35-36,41,43,45-85H2,1-3H3,(H,97,98)(H,99,100)/b10-7-,11-8-,15-12-,19-16-,20-17-,24-21-,27-25-,28-26-,33-31-,34-32-,39-37-,40-38-,44-42-. The molecule has 0 aliphatic carbocycles. The molecule has 624 valence electrons. The molecule has 0 fully saturated rings. The first-order valence-electron chi connectivity index (χ1n) is 42.8. The Hall–Kier alpha value is -4.83. The lowest BCUT2D eigenvalue weighted by Gasteiger charge is -2.21. The predicted molar refractivity (Wildman–Crippen MR) is 454 cm³/mol. The fourth-order valence-electron chi connectivity index (χ4n) is 11.3. The van der Waals surface area contributed by atoms with Crippen molar-refractivity contribution in [3.63, 3.8) is 0 Å². The van der Waals surface area contributed by atoms with Crippen LogP contribution in [0, 0.1) is 0 Å². The highest BCUT2D eigenvalue weighted by atomic mass is 31.2. The van der Waals surface area contributed by atoms with Crippen molar-refractivity contribution in [2.45, 2.75) is 360 Å². The number of hydrogen-bond acceptors (Lipinski definition) is 14. The van der Waals surface area contributed by atoms with Gasteiger partial charge in [-0.2, -0.15) is 0 Å². The number of aliphatic hydroxyl groups excluding tert-OH is 2. The average Bonchev–Trinajstić information content (AvgIpc) is 0.916. The number of carbonyl (C=O) groups excluding carboxylic acids is 3. The van der Waals surface area contributed by atoms with Crippen LogP contribution >= 0.6 is 15.6 Å². The number of unbranched alkanes of at least 4 members (excludes halogenated alkanes) is 31. The quantitative estimate of drug-likeness (QED) is 0.0146. The Morgan fingerprint density at radius 3 is 0.771 bits per heavy atom. The summed E-state index contributed by atoms with van der Waals surface area (Å²) >= 11 is 0. The Labute approximate surface area is 663 Å². The fourth-order valence-corrected chi connectivity index (χ4v) is 12.9. The first kappa shape index (κ1) is 104. The van der Waals surface area contributed by atoms with Crippen LogP contribution in [0.5, 0.6) is 0 Å². The number of phosphoric ester groups is 2. The van der Waals surface area contributed by atoms with Crippen molar-refractivity contribution in [2.24, 2.45) is 0 Å². The van der Waals surface area contributed by atoms with Gasteiger partial charge in [-0.3, -0.25) is 32.5 Å². The number of ether oxygens (including phenoxy) is 3. The minimum absolute atomic E-state index is 0.0858. The fraction of sp³-hybridized carbons (Fsp3) is 0.681. The third-order valence-corrected chi connectivity index (χ3v) is 19.6. The van der Waals surface area contributed by atoms with Crippen LogP contribution in [-0.2, 0) is 55.8 Å². The highest BCUT2D eigenvalue weighted by molar-refractivity contribution is 7.47. The van der Waals surface area contributed by atoms with Crippen LogP contribution in [0.25, 0.3) is 0 Å². The van der Waals surface area contributed by atoms with Crippen LogP contribution in [-0.4, -0.2) is 95.9 Å². The normalized spacial score (nSPS) is 14.7. The van der Waals surface area contributed by atoms with E-state index < -0.39 is 91.5 Å². The van der Waals surface area contributed by atoms with Crippen molar-refractivity contribution in [1.29, 1.82) is 0 Å². The van der Waals surface area contributed by atoms with Crippen LogP contribution in [0.4, 0.5) is 0 Å². The van der Waals surface area contributed by atoms with E-state index in [0.717, 1.165) is 180 Å². The summed E-state index contributed by atoms with van der Waals surface area (Å²) in [4.78, 5) is 58.7. The molecule has 0 aliphatic heterocycles. The molecule has 0 aromatic heterocycles. The Bertz CT molecular complexity index is 2610. The molecule has 0 rings (SSSR count). The zero-order valence-electron chi connectivity index (χ0n) is 68.4. The van der Waals surface area contributed by atoms with Crippen LogP contribution in [0.2, 0.25) is 0 Å². The van der Waals surface area contributed by atoms with Crippen LogP contribution < -0.4 is 0 Å². The number of carbonyl (C=O) groups is 3. The monoisotopic (exact) mass is 1570 g/mol. The number of rotatable bonds is 80. The maximum atomic E-state index is 13.0. The van der Waals surface area contributed by atoms with Gasteiger partial charge in [-0.05, 0) is 141 Å². The summed E-state index contributed by atoms with van der Waals surface area (Å²) < 4.78 is 61.2. The maximum Gasteiger partial charge on any atom is 0.472 e. The van der Waals surface area contributed by atoms with E-state index in [0.29, 0.717) is 19.3 Å². The van der Waals surface area contributed by atoms with Crippen LogP contribution in [0.15, 0.2) is 158 Å². The summed E-state index contributed by atoms with van der Waals surface area (Å²) in [5.41, 5.74) is 0. The molecule has 18 heteroatoms. The molecule has 0 bridgehead atoms. The van der Waals surface area contributed by atoms with Gasteiger partial charge in [-0.1, -0.05) is 339 Å². The minimum atomic E-state index is -4.94. The molecule has 0 aromatic carbocycles. The Morgan fingerprint density at radius 2 is 0.486 bits per heavy atom. The van der Waals surface area contributed by atoms with Crippen LogP contribution in [0.3, 0.4) is 0 Å². The molecule has 0 saturated carbocycles. The molecule has 16 nitrogen and oxygen atoms in total. The maximum absolute atomic E-state index is 13.0. The van der Waals surface area contributed by atoms with E-state index in [2.05, 4.69) is 179 Å². The van der Waals surface area contributed by atoms with Gasteiger partial charge in [0.2, 0.25) is 0 Å². The second kappa shape index (κ2) is 82.6. The van der Waals surface area contributed by atoms with Gasteiger partial charge in [0, 0.05) is 19.3 Å². The molecule has 4 N–H and O–H groups in total. The van der Waals surface area contributed by atoms with Gasteiger partial charge in [-0.25, -0.2) is 9.13 Å². The third-order valence-electron chi connectivity index (χ3n) is 17.7. The SMILES string of the molecule is CC/C=C\C/C=C\C/C=C\C/C=C\C/C=C\C/C=C\CCCCCCCCCCCCCCC(=O)OCC(O)COP(=O)(O)OCC(O)COP(=O)(O)OCC(COC(=O)CCCCCCCCCCCCCCC/C=C\C/C=C\C/C=C\C/C=C\C/C=C\CC)OC(=O)CCCCCCC/C=C\C/C=C\CCC. The summed E-state index contributed by atoms with van der Waals surface area (Å²) in [6.07, 6.45) is 104. The van der Waals surface area contributed by atoms with Gasteiger partial charge >= 0.3 is 33.6 Å². The Kier molecular flexibility index (Phi) is 79.0. The summed E-state index contributed by atoms with van der Waals surface area (Å²) in [6, 6.07) is 0. The smallest absolute Gasteiger partial charge is 0.463 e. The van der Waals surface area contributed by atoms with Crippen molar-refractivity contribution in [3.05, 3.63) is 158 Å². The van der Waals surface area contributed by atoms with E-state index in [1.165, 1.54) is 103 Å². The molecule has 0 heterocycles. The first-order valence-corrected chi connectivity index (χ1v) is 45.8. The third kappa shape index (κ3) is 83.9. The molecular formula is C91H154O16P2. The van der Waals surface area contributed by atoms with E-state index in [9.17, 15) is 43.5 Å². The Balaban J connectivity index is 4.46. The van der Waals surface area contributed by atoms with E-state index >= 15 is 0 Å². The highest BCUT2D eigenvalue weighted by Crippen LogP contribution is 2.45. The van der Waals surface area contributed by atoms with E-state index in [1.807, 2.05) is 0 Å². The zero-order chi connectivity index (χ0) is 79.4. The minimum Gasteiger partial charge on any atom is -0.463 e. The van der Waals surface area contributed by atoms with Crippen molar-refractivity contribution in [3.8, 4) is 0 Å². The van der Waals surface area contributed by atoms with Crippen molar-refractivity contribution < 1.29 is 75.8 Å². The van der Waals surface area contributed by atoms with Gasteiger partial charge in [0.1, 0.15) is 25.4 Å². The number of esters is 3. The van der Waals surface area contributed by atoms with Crippen LogP contribution in [0.1, 0.15) is 342 Å². The van der Waals surface area contributed by atoms with Crippen molar-refractivity contribution in [2.75, 3.05) is 39.6 Å². The van der Waals surface area contributed by atoms with Gasteiger partial charge in [0.05, 0.1) is 26.4 Å². The highest BCUT2D eigenvalue weighted by Gasteiger charge is 2.29. The molecule has 0 spiro atoms. The number of aliphatic hydroxyl groups is 2. The molecule has 109 heavy (non-hydrogen) atoms. The second-order valence-corrected chi connectivity index (χ2v) is 31.1. The molecule has 5 atom stereocenters. The molecule has 0 aliphatic rings. The average molecular weight is 1570 g/mol. The number of allylic oxidation sites excluding steroid dienone is 26. The summed E-state index contributed by atoms with van der Waals surface area (Å²) in [5.74, 6) is -1.59. The van der Waals surface area contributed by atoms with E-state index in [1.54, 1.807) is 0 Å². The lowest BCUT2D eigenvalue weighted by atomic mass is 10.0.